The normalized spacial score (nSPS) is 21.7. The molecule has 0 bridgehead atoms. The summed E-state index contributed by atoms with van der Waals surface area (Å²) < 4.78 is 12.7. The summed E-state index contributed by atoms with van der Waals surface area (Å²) in [6, 6.07) is 3.99. The molecule has 1 aromatic carbocycles. The van der Waals surface area contributed by atoms with E-state index in [9.17, 15) is 0 Å². The molecule has 0 unspecified atom stereocenters. The van der Waals surface area contributed by atoms with Gasteiger partial charge < -0.3 is 15.2 Å². The number of nitrogens with two attached hydrogens (primary N) is 1. The smallest absolute Gasteiger partial charge is 0.167 e. The van der Waals surface area contributed by atoms with E-state index in [1.54, 1.807) is 0 Å². The monoisotopic (exact) mass is 311 g/mol. The van der Waals surface area contributed by atoms with Crippen LogP contribution in [-0.2, 0) is 5.54 Å². The average Bonchev–Trinajstić information content (AvgIpc) is 2.65. The van der Waals surface area contributed by atoms with Crippen LogP contribution in [0.4, 0.5) is 0 Å². The lowest BCUT2D eigenvalue weighted by atomic mass is 9.88. The molecule has 0 radical (unpaired) electrons. The molecule has 0 aromatic heterocycles. The van der Waals surface area contributed by atoms with Crippen LogP contribution in [0.1, 0.15) is 37.7 Å². The molecule has 0 saturated heterocycles. The van der Waals surface area contributed by atoms with Crippen molar-refractivity contribution >= 4 is 15.9 Å². The van der Waals surface area contributed by atoms with E-state index >= 15 is 0 Å². The standard InChI is InChI=1S/C14H18BrNO2/c15-10-4-5-11-13(18-9-3-8-17-11)12(10)14(16)6-1-2-7-14/h4-5H,1-3,6-9,16H2. The van der Waals surface area contributed by atoms with Crippen molar-refractivity contribution in [3.05, 3.63) is 22.2 Å². The molecule has 2 N–H and O–H groups in total. The number of ether oxygens (including phenoxy) is 2. The van der Waals surface area contributed by atoms with E-state index in [4.69, 9.17) is 15.2 Å². The second-order valence-electron chi connectivity index (χ2n) is 5.16. The minimum atomic E-state index is -0.266. The first kappa shape index (κ1) is 12.3. The lowest BCUT2D eigenvalue weighted by molar-refractivity contribution is 0.293. The van der Waals surface area contributed by atoms with Crippen LogP contribution in [0.2, 0.25) is 0 Å². The van der Waals surface area contributed by atoms with Gasteiger partial charge in [0.1, 0.15) is 0 Å². The highest BCUT2D eigenvalue weighted by atomic mass is 79.9. The molecule has 4 heteroatoms. The van der Waals surface area contributed by atoms with E-state index in [0.717, 1.165) is 40.8 Å². The van der Waals surface area contributed by atoms with Gasteiger partial charge in [-0.15, -0.1) is 0 Å². The Bertz CT molecular complexity index is 455. The maximum atomic E-state index is 6.59. The zero-order chi connectivity index (χ0) is 12.6. The quantitative estimate of drug-likeness (QED) is 0.865. The van der Waals surface area contributed by atoms with E-state index in [-0.39, 0.29) is 5.54 Å². The van der Waals surface area contributed by atoms with Gasteiger partial charge in [-0.1, -0.05) is 28.8 Å². The molecule has 3 nitrogen and oxygen atoms in total. The molecule has 1 saturated carbocycles. The van der Waals surface area contributed by atoms with Crippen molar-refractivity contribution in [3.8, 4) is 11.5 Å². The Balaban J connectivity index is 2.12. The van der Waals surface area contributed by atoms with E-state index in [1.165, 1.54) is 12.8 Å². The van der Waals surface area contributed by atoms with Gasteiger partial charge in [-0.2, -0.15) is 0 Å². The zero-order valence-electron chi connectivity index (χ0n) is 10.4. The van der Waals surface area contributed by atoms with Crippen LogP contribution in [0, 0.1) is 0 Å². The first-order valence-corrected chi connectivity index (χ1v) is 7.37. The molecule has 98 valence electrons. The summed E-state index contributed by atoms with van der Waals surface area (Å²) >= 11 is 3.63. The zero-order valence-corrected chi connectivity index (χ0v) is 12.0. The lowest BCUT2D eigenvalue weighted by Crippen LogP contribution is -2.34. The second kappa shape index (κ2) is 4.74. The number of rotatable bonds is 1. The van der Waals surface area contributed by atoms with Crippen molar-refractivity contribution in [1.82, 2.24) is 0 Å². The fourth-order valence-electron chi connectivity index (χ4n) is 2.93. The number of fused-ring (bicyclic) bond motifs is 1. The van der Waals surface area contributed by atoms with E-state index in [1.807, 2.05) is 12.1 Å². The predicted octanol–water partition coefficient (Wildman–Crippen LogP) is 3.34. The predicted molar refractivity (Wildman–Crippen MR) is 74.1 cm³/mol. The van der Waals surface area contributed by atoms with Crippen molar-refractivity contribution in [2.75, 3.05) is 13.2 Å². The van der Waals surface area contributed by atoms with Crippen molar-refractivity contribution in [2.24, 2.45) is 5.73 Å². The summed E-state index contributed by atoms with van der Waals surface area (Å²) in [5, 5.41) is 0. The van der Waals surface area contributed by atoms with Crippen LogP contribution in [-0.4, -0.2) is 13.2 Å². The third-order valence-corrected chi connectivity index (χ3v) is 4.52. The molecule has 1 heterocycles. The van der Waals surface area contributed by atoms with E-state index in [2.05, 4.69) is 15.9 Å². The van der Waals surface area contributed by atoms with Crippen LogP contribution in [0.5, 0.6) is 11.5 Å². The van der Waals surface area contributed by atoms with Crippen LogP contribution in [0.15, 0.2) is 16.6 Å². The third-order valence-electron chi connectivity index (χ3n) is 3.86. The molecule has 3 rings (SSSR count). The molecule has 2 aliphatic rings. The van der Waals surface area contributed by atoms with E-state index in [0.29, 0.717) is 13.2 Å². The van der Waals surface area contributed by atoms with Gasteiger partial charge in [0.25, 0.3) is 0 Å². The first-order chi connectivity index (χ1) is 8.71. The van der Waals surface area contributed by atoms with Gasteiger partial charge in [0.05, 0.1) is 13.2 Å². The molecule has 1 aromatic rings. The minimum absolute atomic E-state index is 0.266. The summed E-state index contributed by atoms with van der Waals surface area (Å²) in [6.45, 7) is 1.41. The fraction of sp³-hybridized carbons (Fsp3) is 0.571. The third kappa shape index (κ3) is 2.01. The van der Waals surface area contributed by atoms with Crippen LogP contribution >= 0.6 is 15.9 Å². The van der Waals surface area contributed by atoms with Gasteiger partial charge in [0.2, 0.25) is 0 Å². The highest BCUT2D eigenvalue weighted by molar-refractivity contribution is 9.10. The molecule has 18 heavy (non-hydrogen) atoms. The summed E-state index contributed by atoms with van der Waals surface area (Å²) in [6.07, 6.45) is 5.33. The van der Waals surface area contributed by atoms with Crippen LogP contribution in [0.3, 0.4) is 0 Å². The Kier molecular flexibility index (Phi) is 3.24. The van der Waals surface area contributed by atoms with Gasteiger partial charge >= 0.3 is 0 Å². The van der Waals surface area contributed by atoms with Crippen molar-refractivity contribution in [1.29, 1.82) is 0 Å². The second-order valence-corrected chi connectivity index (χ2v) is 6.02. The van der Waals surface area contributed by atoms with Crippen LogP contribution < -0.4 is 15.2 Å². The fourth-order valence-corrected chi connectivity index (χ4v) is 3.64. The average molecular weight is 312 g/mol. The molecule has 0 atom stereocenters. The molecule has 1 aliphatic heterocycles. The Hall–Kier alpha value is -0.740. The topological polar surface area (TPSA) is 44.5 Å². The number of hydrogen-bond donors (Lipinski definition) is 1. The molecule has 1 aliphatic carbocycles. The summed E-state index contributed by atoms with van der Waals surface area (Å²) in [4.78, 5) is 0. The molecular formula is C14H18BrNO2. The Morgan fingerprint density at radius 2 is 1.78 bits per heavy atom. The first-order valence-electron chi connectivity index (χ1n) is 6.58. The summed E-state index contributed by atoms with van der Waals surface area (Å²) in [7, 11) is 0. The highest BCUT2D eigenvalue weighted by Gasteiger charge is 2.37. The van der Waals surface area contributed by atoms with Gasteiger partial charge in [-0.3, -0.25) is 0 Å². The molecule has 1 fully saturated rings. The lowest BCUT2D eigenvalue weighted by Gasteiger charge is -2.28. The van der Waals surface area contributed by atoms with E-state index < -0.39 is 0 Å². The Morgan fingerprint density at radius 1 is 1.06 bits per heavy atom. The van der Waals surface area contributed by atoms with Gasteiger partial charge in [0, 0.05) is 22.0 Å². The number of hydrogen-bond acceptors (Lipinski definition) is 3. The Morgan fingerprint density at radius 3 is 2.56 bits per heavy atom. The summed E-state index contributed by atoms with van der Waals surface area (Å²) in [5.74, 6) is 1.69. The van der Waals surface area contributed by atoms with Gasteiger partial charge in [-0.25, -0.2) is 0 Å². The van der Waals surface area contributed by atoms with Crippen molar-refractivity contribution < 1.29 is 9.47 Å². The maximum Gasteiger partial charge on any atom is 0.167 e. The SMILES string of the molecule is NC1(c2c(Br)ccc3c2OCCCO3)CCCC1. The molecule has 0 spiro atoms. The van der Waals surface area contributed by atoms with Gasteiger partial charge in [-0.05, 0) is 25.0 Å². The highest BCUT2D eigenvalue weighted by Crippen LogP contribution is 2.48. The number of benzene rings is 1. The Labute approximate surface area is 116 Å². The van der Waals surface area contributed by atoms with Crippen LogP contribution in [0.25, 0.3) is 0 Å². The van der Waals surface area contributed by atoms with Crippen molar-refractivity contribution in [3.63, 3.8) is 0 Å². The van der Waals surface area contributed by atoms with Crippen molar-refractivity contribution in [2.45, 2.75) is 37.6 Å². The largest absolute Gasteiger partial charge is 0.490 e. The maximum absolute atomic E-state index is 6.59. The van der Waals surface area contributed by atoms with Gasteiger partial charge in [0.15, 0.2) is 11.5 Å². The minimum Gasteiger partial charge on any atom is -0.490 e. The molecular weight excluding hydrogens is 294 g/mol. The number of halogens is 1. The summed E-state index contributed by atoms with van der Waals surface area (Å²) in [5.41, 5.74) is 7.42. The molecule has 0 amide bonds.